The summed E-state index contributed by atoms with van der Waals surface area (Å²) >= 11 is 0. The van der Waals surface area contributed by atoms with E-state index in [1.54, 1.807) is 6.07 Å². The number of benzene rings is 1. The van der Waals surface area contributed by atoms with Crippen molar-refractivity contribution in [2.75, 3.05) is 17.7 Å². The van der Waals surface area contributed by atoms with Gasteiger partial charge < -0.3 is 16.2 Å². The Balaban J connectivity index is 2.20. The number of aromatic nitrogens is 2. The largest absolute Gasteiger partial charge is 0.394 e. The maximum absolute atomic E-state index is 9.44. The number of nitrogen functional groups attached to an aromatic ring is 1. The normalized spacial score (nSPS) is 12.1. The lowest BCUT2D eigenvalue weighted by Crippen LogP contribution is -2.16. The van der Waals surface area contributed by atoms with Gasteiger partial charge in [-0.3, -0.25) is 0 Å². The van der Waals surface area contributed by atoms with Gasteiger partial charge in [-0.2, -0.15) is 4.98 Å². The lowest BCUT2D eigenvalue weighted by molar-refractivity contribution is 0.276. The molecule has 2 aromatic rings. The van der Waals surface area contributed by atoms with Crippen LogP contribution in [0.1, 0.15) is 17.3 Å². The highest BCUT2D eigenvalue weighted by Crippen LogP contribution is 2.18. The molecule has 0 amide bonds. The van der Waals surface area contributed by atoms with Crippen LogP contribution in [0.3, 0.4) is 0 Å². The number of aliphatic hydroxyl groups excluding tert-OH is 1. The molecule has 0 spiro atoms. The van der Waals surface area contributed by atoms with Crippen molar-refractivity contribution in [1.29, 1.82) is 0 Å². The topological polar surface area (TPSA) is 84.1 Å². The molecule has 1 unspecified atom stereocenters. The van der Waals surface area contributed by atoms with E-state index >= 15 is 0 Å². The van der Waals surface area contributed by atoms with Gasteiger partial charge in [-0.15, -0.1) is 0 Å². The van der Waals surface area contributed by atoms with Crippen LogP contribution in [0.5, 0.6) is 0 Å². The first-order valence-electron chi connectivity index (χ1n) is 5.72. The van der Waals surface area contributed by atoms with E-state index in [-0.39, 0.29) is 18.6 Å². The second kappa shape index (κ2) is 5.46. The number of aryl methyl sites for hydroxylation is 1. The van der Waals surface area contributed by atoms with Gasteiger partial charge in [0.15, 0.2) is 0 Å². The third-order valence-corrected chi connectivity index (χ3v) is 2.58. The fourth-order valence-corrected chi connectivity index (χ4v) is 1.76. The van der Waals surface area contributed by atoms with E-state index in [4.69, 9.17) is 5.73 Å². The molecule has 5 nitrogen and oxygen atoms in total. The monoisotopic (exact) mass is 244 g/mol. The summed E-state index contributed by atoms with van der Waals surface area (Å²) in [6.07, 6.45) is 0. The number of nitrogens with zero attached hydrogens (tertiary/aromatic N) is 2. The van der Waals surface area contributed by atoms with E-state index in [1.165, 1.54) is 0 Å². The van der Waals surface area contributed by atoms with E-state index in [1.807, 2.05) is 37.3 Å². The Kier molecular flexibility index (Phi) is 3.74. The molecule has 0 aliphatic heterocycles. The van der Waals surface area contributed by atoms with Gasteiger partial charge in [-0.25, -0.2) is 4.98 Å². The number of nitrogens with one attached hydrogen (secondary N) is 1. The van der Waals surface area contributed by atoms with Gasteiger partial charge in [-0.1, -0.05) is 30.3 Å². The Hall–Kier alpha value is -2.14. The molecule has 0 bridgehead atoms. The highest BCUT2D eigenvalue weighted by Gasteiger charge is 2.10. The van der Waals surface area contributed by atoms with Crippen molar-refractivity contribution in [3.63, 3.8) is 0 Å². The fourth-order valence-electron chi connectivity index (χ4n) is 1.76. The summed E-state index contributed by atoms with van der Waals surface area (Å²) in [6, 6.07) is 11.3. The predicted molar refractivity (Wildman–Crippen MR) is 71.1 cm³/mol. The first-order chi connectivity index (χ1) is 8.69. The van der Waals surface area contributed by atoms with Gasteiger partial charge in [0.2, 0.25) is 5.95 Å². The average molecular weight is 244 g/mol. The molecule has 5 heteroatoms. The molecular weight excluding hydrogens is 228 g/mol. The lowest BCUT2D eigenvalue weighted by atomic mass is 10.1. The lowest BCUT2D eigenvalue weighted by Gasteiger charge is -2.17. The Labute approximate surface area is 106 Å². The summed E-state index contributed by atoms with van der Waals surface area (Å²) in [5.41, 5.74) is 7.37. The van der Waals surface area contributed by atoms with E-state index in [0.717, 1.165) is 11.3 Å². The van der Waals surface area contributed by atoms with E-state index in [2.05, 4.69) is 15.3 Å². The van der Waals surface area contributed by atoms with Crippen LogP contribution in [-0.2, 0) is 0 Å². The minimum absolute atomic E-state index is 0.0209. The van der Waals surface area contributed by atoms with Crippen LogP contribution >= 0.6 is 0 Å². The maximum Gasteiger partial charge on any atom is 0.222 e. The van der Waals surface area contributed by atoms with Crippen molar-refractivity contribution in [2.24, 2.45) is 0 Å². The molecular formula is C13H16N4O. The van der Waals surface area contributed by atoms with Crippen molar-refractivity contribution < 1.29 is 5.11 Å². The summed E-state index contributed by atoms with van der Waals surface area (Å²) < 4.78 is 0. The molecule has 1 atom stereocenters. The molecule has 0 aliphatic rings. The summed E-state index contributed by atoms with van der Waals surface area (Å²) in [5, 5.41) is 12.6. The van der Waals surface area contributed by atoms with Crippen molar-refractivity contribution in [1.82, 2.24) is 9.97 Å². The van der Waals surface area contributed by atoms with Crippen LogP contribution in [0.4, 0.5) is 11.8 Å². The summed E-state index contributed by atoms with van der Waals surface area (Å²) in [6.45, 7) is 1.83. The molecule has 0 saturated heterocycles. The smallest absolute Gasteiger partial charge is 0.222 e. The third kappa shape index (κ3) is 2.95. The quantitative estimate of drug-likeness (QED) is 0.759. The van der Waals surface area contributed by atoms with Crippen LogP contribution in [0.2, 0.25) is 0 Å². The van der Waals surface area contributed by atoms with Crippen LogP contribution in [-0.4, -0.2) is 21.7 Å². The van der Waals surface area contributed by atoms with Crippen molar-refractivity contribution in [2.45, 2.75) is 13.0 Å². The first-order valence-corrected chi connectivity index (χ1v) is 5.72. The Morgan fingerprint density at radius 1 is 1.28 bits per heavy atom. The number of hydrogen-bond acceptors (Lipinski definition) is 5. The summed E-state index contributed by atoms with van der Waals surface area (Å²) in [7, 11) is 0. The zero-order chi connectivity index (χ0) is 13.0. The number of nitrogens with two attached hydrogens (primary N) is 1. The minimum atomic E-state index is -0.208. The highest BCUT2D eigenvalue weighted by molar-refractivity contribution is 5.42. The number of rotatable bonds is 4. The van der Waals surface area contributed by atoms with Gasteiger partial charge in [0.1, 0.15) is 5.82 Å². The van der Waals surface area contributed by atoms with Crippen LogP contribution < -0.4 is 11.1 Å². The zero-order valence-electron chi connectivity index (χ0n) is 10.2. The van der Waals surface area contributed by atoms with Crippen molar-refractivity contribution in [3.05, 3.63) is 47.7 Å². The van der Waals surface area contributed by atoms with Gasteiger partial charge in [0.25, 0.3) is 0 Å². The molecule has 1 aromatic heterocycles. The zero-order valence-corrected chi connectivity index (χ0v) is 10.2. The van der Waals surface area contributed by atoms with Gasteiger partial charge in [-0.05, 0) is 12.5 Å². The first kappa shape index (κ1) is 12.3. The highest BCUT2D eigenvalue weighted by atomic mass is 16.3. The van der Waals surface area contributed by atoms with Crippen LogP contribution in [0.25, 0.3) is 0 Å². The second-order valence-corrected chi connectivity index (χ2v) is 4.04. The SMILES string of the molecule is Cc1cc(NC(CO)c2ccccc2)nc(N)n1. The standard InChI is InChI=1S/C13H16N4O/c1-9-7-12(17-13(14)15-9)16-11(8-18)10-5-3-2-4-6-10/h2-7,11,18H,8H2,1H3,(H3,14,15,16,17). The van der Waals surface area contributed by atoms with E-state index in [0.29, 0.717) is 5.82 Å². The molecule has 0 fully saturated rings. The molecule has 2 rings (SSSR count). The van der Waals surface area contributed by atoms with Crippen LogP contribution in [0.15, 0.2) is 36.4 Å². The van der Waals surface area contributed by atoms with Crippen molar-refractivity contribution in [3.8, 4) is 0 Å². The molecule has 0 radical (unpaired) electrons. The minimum Gasteiger partial charge on any atom is -0.394 e. The Bertz CT molecular complexity index is 495. The number of anilines is 2. The van der Waals surface area contributed by atoms with Gasteiger partial charge >= 0.3 is 0 Å². The second-order valence-electron chi connectivity index (χ2n) is 4.04. The molecule has 18 heavy (non-hydrogen) atoms. The van der Waals surface area contributed by atoms with E-state index in [9.17, 15) is 5.11 Å². The fraction of sp³-hybridized carbons (Fsp3) is 0.231. The van der Waals surface area contributed by atoms with Gasteiger partial charge in [0, 0.05) is 11.8 Å². The molecule has 1 heterocycles. The van der Waals surface area contributed by atoms with E-state index < -0.39 is 0 Å². The Morgan fingerprint density at radius 2 is 2.00 bits per heavy atom. The number of aliphatic hydroxyl groups is 1. The Morgan fingerprint density at radius 3 is 2.61 bits per heavy atom. The average Bonchev–Trinajstić information content (AvgIpc) is 2.36. The third-order valence-electron chi connectivity index (χ3n) is 2.58. The molecule has 4 N–H and O–H groups in total. The molecule has 1 aromatic carbocycles. The number of hydrogen-bond donors (Lipinski definition) is 3. The van der Waals surface area contributed by atoms with Crippen molar-refractivity contribution >= 4 is 11.8 Å². The molecule has 0 saturated carbocycles. The summed E-state index contributed by atoms with van der Waals surface area (Å²) in [4.78, 5) is 8.10. The van der Waals surface area contributed by atoms with Crippen LogP contribution in [0, 0.1) is 6.92 Å². The molecule has 0 aliphatic carbocycles. The maximum atomic E-state index is 9.44. The predicted octanol–water partition coefficient (Wildman–Crippen LogP) is 1.51. The summed E-state index contributed by atoms with van der Waals surface area (Å²) in [5.74, 6) is 0.838. The molecule has 94 valence electrons. The van der Waals surface area contributed by atoms with Gasteiger partial charge in [0.05, 0.1) is 12.6 Å².